The van der Waals surface area contributed by atoms with Crippen molar-refractivity contribution in [1.82, 2.24) is 0 Å². The molecule has 0 radical (unpaired) electrons. The van der Waals surface area contributed by atoms with Crippen molar-refractivity contribution >= 4 is 11.8 Å². The zero-order chi connectivity index (χ0) is 11.6. The minimum Gasteiger partial charge on any atom is -0.322 e. The highest BCUT2D eigenvalue weighted by atomic mass is 32.2. The van der Waals surface area contributed by atoms with Gasteiger partial charge >= 0.3 is 12.0 Å². The number of rotatable bonds is 4. The highest BCUT2D eigenvalue weighted by molar-refractivity contribution is 7.99. The Balaban J connectivity index is 4.84. The van der Waals surface area contributed by atoms with Gasteiger partial charge in [-0.2, -0.15) is 17.6 Å². The summed E-state index contributed by atoms with van der Waals surface area (Å²) in [6, 6.07) is 0. The van der Waals surface area contributed by atoms with Gasteiger partial charge in [-0.05, 0) is 25.7 Å². The van der Waals surface area contributed by atoms with E-state index in [1.54, 1.807) is 0 Å². The van der Waals surface area contributed by atoms with Gasteiger partial charge in [0, 0.05) is 0 Å². The minimum absolute atomic E-state index is 0.703. The summed E-state index contributed by atoms with van der Waals surface area (Å²) in [5, 5.41) is 0. The molecular formula is C8H12F4OS. The van der Waals surface area contributed by atoms with Crippen molar-refractivity contribution in [3.05, 3.63) is 12.2 Å². The average molecular weight is 232 g/mol. The minimum atomic E-state index is -5.09. The SMILES string of the molecule is C=C(C)C(F)(O[C@H](C)SC)C(F)(F)F. The number of hydrogen-bond donors (Lipinski definition) is 0. The van der Waals surface area contributed by atoms with Crippen LogP contribution < -0.4 is 0 Å². The van der Waals surface area contributed by atoms with E-state index in [9.17, 15) is 17.6 Å². The monoisotopic (exact) mass is 232 g/mol. The number of thioether (sulfide) groups is 1. The van der Waals surface area contributed by atoms with Crippen molar-refractivity contribution < 1.29 is 22.3 Å². The zero-order valence-corrected chi connectivity index (χ0v) is 8.93. The highest BCUT2D eigenvalue weighted by Crippen LogP contribution is 2.41. The van der Waals surface area contributed by atoms with E-state index in [1.165, 1.54) is 13.2 Å². The van der Waals surface area contributed by atoms with Gasteiger partial charge in [-0.3, -0.25) is 0 Å². The Morgan fingerprint density at radius 3 is 2.00 bits per heavy atom. The van der Waals surface area contributed by atoms with Crippen LogP contribution in [0.2, 0.25) is 0 Å². The molecule has 0 rings (SSSR count). The number of halogens is 4. The molecule has 0 amide bonds. The van der Waals surface area contributed by atoms with E-state index in [2.05, 4.69) is 11.3 Å². The summed E-state index contributed by atoms with van der Waals surface area (Å²) in [6.07, 6.45) is -3.57. The van der Waals surface area contributed by atoms with Gasteiger partial charge in [-0.15, -0.1) is 11.8 Å². The predicted molar refractivity (Wildman–Crippen MR) is 48.8 cm³/mol. The lowest BCUT2D eigenvalue weighted by Gasteiger charge is -2.30. The Labute approximate surface area is 84.5 Å². The van der Waals surface area contributed by atoms with E-state index in [0.717, 1.165) is 18.7 Å². The Hall–Kier alpha value is -0.230. The largest absolute Gasteiger partial charge is 0.452 e. The van der Waals surface area contributed by atoms with Gasteiger partial charge in [0.15, 0.2) is 0 Å². The number of alkyl halides is 4. The molecule has 0 bridgehead atoms. The fourth-order valence-electron chi connectivity index (χ4n) is 0.686. The standard InChI is InChI=1S/C8H12F4OS/c1-5(2)7(9,8(10,11)12)13-6(3)14-4/h6H,1H2,2-4H3/t6-,7?/m0/s1. The molecule has 0 fully saturated rings. The molecule has 0 heterocycles. The maximum atomic E-state index is 13.4. The fourth-order valence-corrected chi connectivity index (χ4v) is 0.915. The highest BCUT2D eigenvalue weighted by Gasteiger charge is 2.59. The van der Waals surface area contributed by atoms with Crippen molar-refractivity contribution in [3.63, 3.8) is 0 Å². The molecule has 0 aromatic carbocycles. The van der Waals surface area contributed by atoms with Gasteiger partial charge < -0.3 is 4.74 Å². The van der Waals surface area contributed by atoms with Crippen LogP contribution in [0.25, 0.3) is 0 Å². The second-order valence-corrected chi connectivity index (χ2v) is 3.93. The van der Waals surface area contributed by atoms with Crippen molar-refractivity contribution in [2.45, 2.75) is 31.3 Å². The fraction of sp³-hybridized carbons (Fsp3) is 0.750. The molecule has 0 saturated carbocycles. The molecule has 0 N–H and O–H groups in total. The first kappa shape index (κ1) is 13.8. The summed E-state index contributed by atoms with van der Waals surface area (Å²) >= 11 is 0.982. The first-order chi connectivity index (χ1) is 6.15. The van der Waals surface area contributed by atoms with Crippen LogP contribution in [0, 0.1) is 0 Å². The molecule has 0 aliphatic heterocycles. The van der Waals surface area contributed by atoms with Crippen molar-refractivity contribution in [1.29, 1.82) is 0 Å². The van der Waals surface area contributed by atoms with Crippen LogP contribution in [0.15, 0.2) is 12.2 Å². The lowest BCUT2D eigenvalue weighted by molar-refractivity contribution is -0.316. The van der Waals surface area contributed by atoms with E-state index in [1.807, 2.05) is 0 Å². The maximum Gasteiger partial charge on any atom is 0.452 e. The molecule has 2 atom stereocenters. The Kier molecular flexibility index (Phi) is 4.45. The molecule has 0 aromatic heterocycles. The van der Waals surface area contributed by atoms with E-state index in [-0.39, 0.29) is 0 Å². The van der Waals surface area contributed by atoms with Gasteiger partial charge in [-0.25, -0.2) is 0 Å². The average Bonchev–Trinajstić information content (AvgIpc) is 2.01. The lowest BCUT2D eigenvalue weighted by atomic mass is 10.1. The van der Waals surface area contributed by atoms with Gasteiger partial charge in [0.2, 0.25) is 0 Å². The Morgan fingerprint density at radius 2 is 1.79 bits per heavy atom. The smallest absolute Gasteiger partial charge is 0.322 e. The maximum absolute atomic E-state index is 13.4. The topological polar surface area (TPSA) is 9.23 Å². The van der Waals surface area contributed by atoms with Crippen LogP contribution in [-0.4, -0.2) is 23.7 Å². The van der Waals surface area contributed by atoms with Gasteiger partial charge in [-0.1, -0.05) is 6.58 Å². The number of hydrogen-bond acceptors (Lipinski definition) is 2. The van der Waals surface area contributed by atoms with Crippen LogP contribution in [0.3, 0.4) is 0 Å². The summed E-state index contributed by atoms with van der Waals surface area (Å²) in [4.78, 5) is 0. The number of ether oxygens (including phenoxy) is 1. The quantitative estimate of drug-likeness (QED) is 0.416. The van der Waals surface area contributed by atoms with Crippen LogP contribution in [0.1, 0.15) is 13.8 Å². The van der Waals surface area contributed by atoms with Crippen LogP contribution >= 0.6 is 11.8 Å². The molecule has 0 saturated heterocycles. The van der Waals surface area contributed by atoms with Gasteiger partial charge in [0.05, 0.1) is 0 Å². The summed E-state index contributed by atoms with van der Waals surface area (Å²) in [5.74, 6) is -3.75. The third kappa shape index (κ3) is 2.88. The first-order valence-corrected chi connectivity index (χ1v) is 5.06. The van der Waals surface area contributed by atoms with E-state index >= 15 is 0 Å². The van der Waals surface area contributed by atoms with Crippen molar-refractivity contribution in [3.8, 4) is 0 Å². The molecule has 84 valence electrons. The van der Waals surface area contributed by atoms with Crippen molar-refractivity contribution in [2.75, 3.05) is 6.26 Å². The Bertz CT molecular complexity index is 216. The normalized spacial score (nSPS) is 18.8. The summed E-state index contributed by atoms with van der Waals surface area (Å²) < 4.78 is 54.5. The lowest BCUT2D eigenvalue weighted by Crippen LogP contribution is -2.45. The van der Waals surface area contributed by atoms with Crippen molar-refractivity contribution in [2.24, 2.45) is 0 Å². The third-order valence-electron chi connectivity index (χ3n) is 1.57. The molecule has 1 nitrogen and oxygen atoms in total. The van der Waals surface area contributed by atoms with Gasteiger partial charge in [0.25, 0.3) is 0 Å². The Morgan fingerprint density at radius 1 is 1.36 bits per heavy atom. The first-order valence-electron chi connectivity index (χ1n) is 3.77. The molecule has 0 spiro atoms. The van der Waals surface area contributed by atoms with Crippen LogP contribution in [0.5, 0.6) is 0 Å². The summed E-state index contributed by atoms with van der Waals surface area (Å²) in [5.41, 5.74) is -1.59. The van der Waals surface area contributed by atoms with E-state index < -0.39 is 23.0 Å². The molecule has 0 aromatic rings. The molecule has 1 unspecified atom stereocenters. The predicted octanol–water partition coefficient (Wildman–Crippen LogP) is 3.52. The molecule has 6 heteroatoms. The van der Waals surface area contributed by atoms with Crippen LogP contribution in [0.4, 0.5) is 17.6 Å². The summed E-state index contributed by atoms with van der Waals surface area (Å²) in [6.45, 7) is 5.24. The second-order valence-electron chi connectivity index (χ2n) is 2.79. The third-order valence-corrected chi connectivity index (χ3v) is 2.33. The summed E-state index contributed by atoms with van der Waals surface area (Å²) in [7, 11) is 0. The molecule has 0 aliphatic rings. The van der Waals surface area contributed by atoms with E-state index in [0.29, 0.717) is 0 Å². The van der Waals surface area contributed by atoms with Gasteiger partial charge in [0.1, 0.15) is 5.44 Å². The molecular weight excluding hydrogens is 220 g/mol. The second kappa shape index (κ2) is 4.53. The zero-order valence-electron chi connectivity index (χ0n) is 8.11. The molecule has 14 heavy (non-hydrogen) atoms. The molecule has 0 aliphatic carbocycles. The van der Waals surface area contributed by atoms with Crippen LogP contribution in [-0.2, 0) is 4.74 Å². The van der Waals surface area contributed by atoms with E-state index in [4.69, 9.17) is 0 Å².